The monoisotopic (exact) mass is 313 g/mol. The molecule has 0 atom stereocenters. The summed E-state index contributed by atoms with van der Waals surface area (Å²) in [5.41, 5.74) is 2.51. The zero-order valence-electron chi connectivity index (χ0n) is 13.2. The van der Waals surface area contributed by atoms with Crippen LogP contribution in [-0.4, -0.2) is 26.2 Å². The number of anilines is 1. The lowest BCUT2D eigenvalue weighted by Crippen LogP contribution is -2.18. The van der Waals surface area contributed by atoms with Gasteiger partial charge in [-0.1, -0.05) is 18.2 Å². The molecule has 0 aromatic heterocycles. The molecule has 1 aliphatic rings. The Balaban J connectivity index is 1.75. The van der Waals surface area contributed by atoms with E-state index in [0.29, 0.717) is 24.7 Å². The normalized spacial score (nSPS) is 12.6. The van der Waals surface area contributed by atoms with E-state index in [0.717, 1.165) is 22.6 Å². The van der Waals surface area contributed by atoms with Crippen molar-refractivity contribution in [2.75, 3.05) is 25.6 Å². The number of amides is 1. The average molecular weight is 313 g/mol. The molecule has 0 bridgehead atoms. The zero-order valence-corrected chi connectivity index (χ0v) is 13.2. The maximum atomic E-state index is 12.3. The number of hydrogen-bond acceptors (Lipinski definition) is 4. The number of aryl methyl sites for hydroxylation is 1. The van der Waals surface area contributed by atoms with E-state index in [9.17, 15) is 4.79 Å². The van der Waals surface area contributed by atoms with Crippen LogP contribution in [0.4, 0.5) is 5.69 Å². The van der Waals surface area contributed by atoms with Gasteiger partial charge in [-0.2, -0.15) is 0 Å². The summed E-state index contributed by atoms with van der Waals surface area (Å²) in [7, 11) is 1.60. The first-order valence-corrected chi connectivity index (χ1v) is 7.49. The molecular weight excluding hydrogens is 294 g/mol. The van der Waals surface area contributed by atoms with Gasteiger partial charge in [0.25, 0.3) is 0 Å². The Hall–Kier alpha value is -2.69. The Labute approximate surface area is 135 Å². The molecule has 1 amide bonds. The van der Waals surface area contributed by atoms with Crippen LogP contribution in [0.25, 0.3) is 0 Å². The average Bonchev–Trinajstić information content (AvgIpc) is 2.56. The van der Waals surface area contributed by atoms with Gasteiger partial charge in [0.2, 0.25) is 5.91 Å². The van der Waals surface area contributed by atoms with Gasteiger partial charge in [-0.05, 0) is 24.6 Å². The van der Waals surface area contributed by atoms with Crippen molar-refractivity contribution in [2.45, 2.75) is 13.3 Å². The molecule has 5 heteroatoms. The molecule has 0 aliphatic carbocycles. The molecule has 5 nitrogen and oxygen atoms in total. The summed E-state index contributed by atoms with van der Waals surface area (Å²) < 4.78 is 16.4. The quantitative estimate of drug-likeness (QED) is 0.943. The van der Waals surface area contributed by atoms with Crippen LogP contribution < -0.4 is 19.5 Å². The van der Waals surface area contributed by atoms with Crippen molar-refractivity contribution in [3.05, 3.63) is 47.5 Å². The number of ether oxygens (including phenoxy) is 3. The van der Waals surface area contributed by atoms with Gasteiger partial charge in [-0.3, -0.25) is 4.79 Å². The fourth-order valence-electron chi connectivity index (χ4n) is 2.54. The van der Waals surface area contributed by atoms with Crippen molar-refractivity contribution in [3.63, 3.8) is 0 Å². The Bertz CT molecular complexity index is 727. The predicted molar refractivity (Wildman–Crippen MR) is 87.5 cm³/mol. The molecule has 0 saturated heterocycles. The number of rotatable bonds is 4. The number of benzene rings is 2. The number of nitrogens with one attached hydrogen (secondary N) is 1. The van der Waals surface area contributed by atoms with E-state index in [1.54, 1.807) is 7.11 Å². The number of carbonyl (C=O) groups excluding carboxylic acids is 1. The third-order valence-electron chi connectivity index (χ3n) is 3.71. The molecule has 0 saturated carbocycles. The van der Waals surface area contributed by atoms with Gasteiger partial charge in [-0.15, -0.1) is 0 Å². The van der Waals surface area contributed by atoms with Crippen molar-refractivity contribution >= 4 is 11.6 Å². The number of para-hydroxylation sites is 1. The lowest BCUT2D eigenvalue weighted by molar-refractivity contribution is -0.115. The second-order valence-electron chi connectivity index (χ2n) is 5.35. The highest BCUT2D eigenvalue weighted by Gasteiger charge is 2.16. The number of carbonyl (C=O) groups is 1. The Morgan fingerprint density at radius 3 is 2.61 bits per heavy atom. The summed E-state index contributed by atoms with van der Waals surface area (Å²) in [6.07, 6.45) is 0.248. The molecule has 0 fully saturated rings. The Morgan fingerprint density at radius 1 is 1.17 bits per heavy atom. The third kappa shape index (κ3) is 3.39. The fraction of sp³-hybridized carbons (Fsp3) is 0.278. The van der Waals surface area contributed by atoms with Crippen LogP contribution in [-0.2, 0) is 11.2 Å². The third-order valence-corrected chi connectivity index (χ3v) is 3.71. The number of hydrogen-bond donors (Lipinski definition) is 1. The summed E-state index contributed by atoms with van der Waals surface area (Å²) in [5.74, 6) is 1.99. The van der Waals surface area contributed by atoms with Crippen LogP contribution in [0, 0.1) is 6.92 Å². The minimum absolute atomic E-state index is 0.103. The minimum Gasteiger partial charge on any atom is -0.496 e. The molecule has 3 rings (SSSR count). The van der Waals surface area contributed by atoms with Crippen molar-refractivity contribution in [3.8, 4) is 17.2 Å². The van der Waals surface area contributed by atoms with E-state index in [1.807, 2.05) is 43.3 Å². The van der Waals surface area contributed by atoms with Gasteiger partial charge < -0.3 is 19.5 Å². The van der Waals surface area contributed by atoms with E-state index >= 15 is 0 Å². The van der Waals surface area contributed by atoms with Crippen LogP contribution in [0.15, 0.2) is 36.4 Å². The van der Waals surface area contributed by atoms with E-state index in [2.05, 4.69) is 5.32 Å². The number of methoxy groups -OCH3 is 1. The van der Waals surface area contributed by atoms with Gasteiger partial charge in [0.05, 0.1) is 13.5 Å². The first-order valence-electron chi connectivity index (χ1n) is 7.49. The smallest absolute Gasteiger partial charge is 0.228 e. The Kier molecular flexibility index (Phi) is 4.37. The highest BCUT2D eigenvalue weighted by molar-refractivity contribution is 5.93. The van der Waals surface area contributed by atoms with Crippen molar-refractivity contribution < 1.29 is 19.0 Å². The van der Waals surface area contributed by atoms with Gasteiger partial charge in [0.1, 0.15) is 19.0 Å². The second-order valence-corrected chi connectivity index (χ2v) is 5.35. The molecule has 2 aromatic rings. The van der Waals surface area contributed by atoms with Crippen LogP contribution in [0.5, 0.6) is 17.2 Å². The molecule has 0 spiro atoms. The molecule has 0 unspecified atom stereocenters. The first kappa shape index (κ1) is 15.2. The summed E-state index contributed by atoms with van der Waals surface area (Å²) in [6.45, 7) is 2.99. The number of fused-ring (bicyclic) bond motifs is 1. The highest BCUT2D eigenvalue weighted by Crippen LogP contribution is 2.35. The van der Waals surface area contributed by atoms with Gasteiger partial charge in [0, 0.05) is 17.3 Å². The SMILES string of the molecule is COc1ccccc1CC(=O)Nc1cc2c(cc1C)OCCO2. The van der Waals surface area contributed by atoms with E-state index in [1.165, 1.54) is 0 Å². The lowest BCUT2D eigenvalue weighted by Gasteiger charge is -2.20. The molecule has 2 aromatic carbocycles. The van der Waals surface area contributed by atoms with Gasteiger partial charge >= 0.3 is 0 Å². The molecule has 120 valence electrons. The van der Waals surface area contributed by atoms with Crippen molar-refractivity contribution in [2.24, 2.45) is 0 Å². The Morgan fingerprint density at radius 2 is 1.87 bits per heavy atom. The largest absolute Gasteiger partial charge is 0.496 e. The standard InChI is InChI=1S/C18H19NO4/c1-12-9-16-17(23-8-7-22-16)11-14(12)19-18(20)10-13-5-3-4-6-15(13)21-2/h3-6,9,11H,7-8,10H2,1-2H3,(H,19,20). The van der Waals surface area contributed by atoms with E-state index in [4.69, 9.17) is 14.2 Å². The minimum atomic E-state index is -0.103. The van der Waals surface area contributed by atoms with Crippen LogP contribution in [0.3, 0.4) is 0 Å². The highest BCUT2D eigenvalue weighted by atomic mass is 16.6. The first-order chi connectivity index (χ1) is 11.2. The van der Waals surface area contributed by atoms with Crippen LogP contribution in [0.2, 0.25) is 0 Å². The summed E-state index contributed by atoms with van der Waals surface area (Å²) >= 11 is 0. The fourth-order valence-corrected chi connectivity index (χ4v) is 2.54. The zero-order chi connectivity index (χ0) is 16.2. The molecular formula is C18H19NO4. The van der Waals surface area contributed by atoms with Crippen LogP contribution in [0.1, 0.15) is 11.1 Å². The molecule has 1 aliphatic heterocycles. The van der Waals surface area contributed by atoms with Gasteiger partial charge in [-0.25, -0.2) is 0 Å². The molecule has 1 heterocycles. The predicted octanol–water partition coefficient (Wildman–Crippen LogP) is 2.96. The van der Waals surface area contributed by atoms with Crippen molar-refractivity contribution in [1.29, 1.82) is 0 Å². The maximum absolute atomic E-state index is 12.3. The van der Waals surface area contributed by atoms with Crippen molar-refractivity contribution in [1.82, 2.24) is 0 Å². The van der Waals surface area contributed by atoms with E-state index in [-0.39, 0.29) is 12.3 Å². The molecule has 0 radical (unpaired) electrons. The van der Waals surface area contributed by atoms with Gasteiger partial charge in [0.15, 0.2) is 11.5 Å². The molecule has 1 N–H and O–H groups in total. The van der Waals surface area contributed by atoms with Crippen LogP contribution >= 0.6 is 0 Å². The second kappa shape index (κ2) is 6.60. The topological polar surface area (TPSA) is 56.8 Å². The van der Waals surface area contributed by atoms with E-state index < -0.39 is 0 Å². The summed E-state index contributed by atoms with van der Waals surface area (Å²) in [6, 6.07) is 11.2. The summed E-state index contributed by atoms with van der Waals surface area (Å²) in [4.78, 5) is 12.3. The molecule has 23 heavy (non-hydrogen) atoms. The maximum Gasteiger partial charge on any atom is 0.228 e. The lowest BCUT2D eigenvalue weighted by atomic mass is 10.1. The summed E-state index contributed by atoms with van der Waals surface area (Å²) in [5, 5.41) is 2.93.